The van der Waals surface area contributed by atoms with Gasteiger partial charge in [0.1, 0.15) is 0 Å². The average molecular weight is 317 g/mol. The van der Waals surface area contributed by atoms with Gasteiger partial charge in [-0.2, -0.15) is 5.10 Å². The molecule has 1 aromatic rings. The molecule has 1 aliphatic heterocycles. The fraction of sp³-hybridized carbons (Fsp3) is 0.750. The zero-order valence-corrected chi connectivity index (χ0v) is 12.8. The number of morpholine rings is 1. The van der Waals surface area contributed by atoms with Crippen molar-refractivity contribution in [2.75, 3.05) is 33.3 Å². The van der Waals surface area contributed by atoms with Gasteiger partial charge in [-0.05, 0) is 29.9 Å². The molecule has 5 nitrogen and oxygen atoms in total. The van der Waals surface area contributed by atoms with E-state index in [-0.39, 0.29) is 6.10 Å². The van der Waals surface area contributed by atoms with E-state index in [4.69, 9.17) is 4.74 Å². The molecule has 1 saturated heterocycles. The summed E-state index contributed by atoms with van der Waals surface area (Å²) in [6.07, 6.45) is 0.289. The number of nitrogens with zero attached hydrogens (tertiary/aromatic N) is 3. The number of likely N-dealkylation sites (N-methyl/N-ethyl adjacent to an activating group) is 1. The van der Waals surface area contributed by atoms with E-state index in [2.05, 4.69) is 38.3 Å². The summed E-state index contributed by atoms with van der Waals surface area (Å²) in [5, 5.41) is 7.76. The second-order valence-corrected chi connectivity index (χ2v) is 5.66. The van der Waals surface area contributed by atoms with Crippen molar-refractivity contribution in [1.82, 2.24) is 20.0 Å². The third-order valence-corrected chi connectivity index (χ3v) is 4.23. The van der Waals surface area contributed by atoms with E-state index in [1.54, 1.807) is 0 Å². The summed E-state index contributed by atoms with van der Waals surface area (Å²) < 4.78 is 8.76. The summed E-state index contributed by atoms with van der Waals surface area (Å²) in [6, 6.07) is 0. The highest BCUT2D eigenvalue weighted by Gasteiger charge is 2.18. The van der Waals surface area contributed by atoms with E-state index in [9.17, 15) is 0 Å². The van der Waals surface area contributed by atoms with Gasteiger partial charge in [0.25, 0.3) is 0 Å². The lowest BCUT2D eigenvalue weighted by Gasteiger charge is -2.28. The van der Waals surface area contributed by atoms with E-state index < -0.39 is 0 Å². The third kappa shape index (κ3) is 3.32. The lowest BCUT2D eigenvalue weighted by Crippen LogP contribution is -2.44. The van der Waals surface area contributed by atoms with Crippen LogP contribution in [-0.2, 0) is 18.3 Å². The van der Waals surface area contributed by atoms with Gasteiger partial charge in [0.15, 0.2) is 0 Å². The van der Waals surface area contributed by atoms with Crippen LogP contribution in [0.15, 0.2) is 4.47 Å². The Morgan fingerprint density at radius 2 is 2.39 bits per heavy atom. The SMILES string of the molecule is Cc1nn(C)c(CN(C)CC2CNCCO2)c1Br. The van der Waals surface area contributed by atoms with Crippen LogP contribution in [0.3, 0.4) is 0 Å². The number of aromatic nitrogens is 2. The molecule has 1 aliphatic rings. The van der Waals surface area contributed by atoms with Crippen LogP contribution in [0, 0.1) is 6.92 Å². The summed E-state index contributed by atoms with van der Waals surface area (Å²) in [6.45, 7) is 6.54. The van der Waals surface area contributed by atoms with Gasteiger partial charge in [-0.25, -0.2) is 0 Å². The van der Waals surface area contributed by atoms with Crippen LogP contribution in [0.2, 0.25) is 0 Å². The topological polar surface area (TPSA) is 42.3 Å². The summed E-state index contributed by atoms with van der Waals surface area (Å²) in [5.41, 5.74) is 2.25. The van der Waals surface area contributed by atoms with Crippen molar-refractivity contribution in [2.24, 2.45) is 7.05 Å². The molecule has 0 bridgehead atoms. The van der Waals surface area contributed by atoms with Gasteiger partial charge in [-0.3, -0.25) is 9.58 Å². The maximum Gasteiger partial charge on any atom is 0.0826 e. The summed E-state index contributed by atoms with van der Waals surface area (Å²) in [5.74, 6) is 0. The van der Waals surface area contributed by atoms with Gasteiger partial charge in [0, 0.05) is 33.2 Å². The normalized spacial score (nSPS) is 20.6. The molecule has 1 aromatic heterocycles. The fourth-order valence-electron chi connectivity index (χ4n) is 2.26. The molecule has 0 amide bonds. The average Bonchev–Trinajstić information content (AvgIpc) is 2.57. The molecule has 1 fully saturated rings. The number of aryl methyl sites for hydroxylation is 2. The zero-order chi connectivity index (χ0) is 13.1. The van der Waals surface area contributed by atoms with Crippen molar-refractivity contribution in [3.63, 3.8) is 0 Å². The molecule has 0 spiro atoms. The maximum atomic E-state index is 5.71. The summed E-state index contributed by atoms with van der Waals surface area (Å²) in [4.78, 5) is 2.28. The molecule has 1 N–H and O–H groups in total. The Morgan fingerprint density at radius 1 is 1.61 bits per heavy atom. The zero-order valence-electron chi connectivity index (χ0n) is 11.2. The van der Waals surface area contributed by atoms with Crippen LogP contribution in [-0.4, -0.2) is 54.1 Å². The predicted molar refractivity (Wildman–Crippen MR) is 74.6 cm³/mol. The van der Waals surface area contributed by atoms with Gasteiger partial charge in [-0.1, -0.05) is 0 Å². The second kappa shape index (κ2) is 6.14. The van der Waals surface area contributed by atoms with Crippen molar-refractivity contribution in [2.45, 2.75) is 19.6 Å². The van der Waals surface area contributed by atoms with Crippen LogP contribution < -0.4 is 5.32 Å². The first kappa shape index (κ1) is 14.0. The quantitative estimate of drug-likeness (QED) is 0.896. The van der Waals surface area contributed by atoms with Crippen molar-refractivity contribution in [3.8, 4) is 0 Å². The molecular weight excluding hydrogens is 296 g/mol. The van der Waals surface area contributed by atoms with E-state index >= 15 is 0 Å². The maximum absolute atomic E-state index is 5.71. The van der Waals surface area contributed by atoms with Crippen molar-refractivity contribution in [3.05, 3.63) is 15.9 Å². The highest BCUT2D eigenvalue weighted by Crippen LogP contribution is 2.21. The van der Waals surface area contributed by atoms with E-state index in [1.807, 2.05) is 18.7 Å². The number of nitrogens with one attached hydrogen (secondary N) is 1. The fourth-order valence-corrected chi connectivity index (χ4v) is 2.72. The Labute approximate surface area is 117 Å². The van der Waals surface area contributed by atoms with Gasteiger partial charge in [-0.15, -0.1) is 0 Å². The lowest BCUT2D eigenvalue weighted by molar-refractivity contribution is 0.00849. The minimum absolute atomic E-state index is 0.289. The molecule has 18 heavy (non-hydrogen) atoms. The Balaban J connectivity index is 1.91. The van der Waals surface area contributed by atoms with Gasteiger partial charge in [0.05, 0.1) is 28.6 Å². The predicted octanol–water partition coefficient (Wildman–Crippen LogP) is 0.911. The molecular formula is C12H21BrN4O. The van der Waals surface area contributed by atoms with E-state index in [0.29, 0.717) is 0 Å². The van der Waals surface area contributed by atoms with Gasteiger partial charge in [0.2, 0.25) is 0 Å². The number of rotatable bonds is 4. The molecule has 1 unspecified atom stereocenters. The first-order valence-corrected chi connectivity index (χ1v) is 7.06. The molecule has 1 atom stereocenters. The summed E-state index contributed by atoms with van der Waals surface area (Å²) in [7, 11) is 4.10. The van der Waals surface area contributed by atoms with Crippen molar-refractivity contribution >= 4 is 15.9 Å². The standard InChI is InChI=1S/C12H21BrN4O/c1-9-12(13)11(17(3)15-9)8-16(2)7-10-6-14-4-5-18-10/h10,14H,4-8H2,1-3H3. The van der Waals surface area contributed by atoms with Crippen molar-refractivity contribution < 1.29 is 4.74 Å². The Hall–Kier alpha value is -0.430. The second-order valence-electron chi connectivity index (χ2n) is 4.86. The molecule has 102 valence electrons. The molecule has 0 aromatic carbocycles. The highest BCUT2D eigenvalue weighted by molar-refractivity contribution is 9.10. The van der Waals surface area contributed by atoms with Crippen LogP contribution in [0.5, 0.6) is 0 Å². The summed E-state index contributed by atoms with van der Waals surface area (Å²) >= 11 is 3.60. The highest BCUT2D eigenvalue weighted by atomic mass is 79.9. The minimum atomic E-state index is 0.289. The first-order chi connectivity index (χ1) is 8.58. The molecule has 0 radical (unpaired) electrons. The number of halogens is 1. The van der Waals surface area contributed by atoms with Crippen LogP contribution in [0.1, 0.15) is 11.4 Å². The molecule has 2 rings (SSSR count). The Kier molecular flexibility index (Phi) is 4.77. The van der Waals surface area contributed by atoms with E-state index in [0.717, 1.165) is 43.0 Å². The van der Waals surface area contributed by atoms with Gasteiger partial charge < -0.3 is 10.1 Å². The molecule has 2 heterocycles. The molecule has 6 heteroatoms. The monoisotopic (exact) mass is 316 g/mol. The molecule has 0 aliphatic carbocycles. The molecule has 0 saturated carbocycles. The number of ether oxygens (including phenoxy) is 1. The van der Waals surface area contributed by atoms with Crippen LogP contribution >= 0.6 is 15.9 Å². The first-order valence-electron chi connectivity index (χ1n) is 6.26. The minimum Gasteiger partial charge on any atom is -0.374 e. The third-order valence-electron chi connectivity index (χ3n) is 3.20. The Morgan fingerprint density at radius 3 is 2.94 bits per heavy atom. The van der Waals surface area contributed by atoms with Crippen molar-refractivity contribution in [1.29, 1.82) is 0 Å². The Bertz CT molecular complexity index is 401. The largest absolute Gasteiger partial charge is 0.374 e. The van der Waals surface area contributed by atoms with Crippen LogP contribution in [0.25, 0.3) is 0 Å². The van der Waals surface area contributed by atoms with Crippen LogP contribution in [0.4, 0.5) is 0 Å². The number of hydrogen-bond donors (Lipinski definition) is 1. The lowest BCUT2D eigenvalue weighted by atomic mass is 10.2. The van der Waals surface area contributed by atoms with Gasteiger partial charge >= 0.3 is 0 Å². The van der Waals surface area contributed by atoms with E-state index in [1.165, 1.54) is 5.69 Å². The number of hydrogen-bond acceptors (Lipinski definition) is 4. The smallest absolute Gasteiger partial charge is 0.0826 e.